The smallest absolute Gasteiger partial charge is 0 e. The van der Waals surface area contributed by atoms with Crippen LogP contribution in [0.25, 0.3) is 0 Å². The summed E-state index contributed by atoms with van der Waals surface area (Å²) < 4.78 is 0. The van der Waals surface area contributed by atoms with Crippen LogP contribution in [0.2, 0.25) is 0 Å². The SMILES string of the molecule is CC.CC.CCCC.II. The van der Waals surface area contributed by atoms with Crippen LogP contribution < -0.4 is 0 Å². The lowest BCUT2D eigenvalue weighted by Crippen LogP contribution is -1.47. The topological polar surface area (TPSA) is 0 Å². The Balaban J connectivity index is -0.0000000262. The maximum absolute atomic E-state index is 2.18. The van der Waals surface area contributed by atoms with Gasteiger partial charge >= 0.3 is 0 Å². The van der Waals surface area contributed by atoms with Crippen LogP contribution in [0.5, 0.6) is 0 Å². The average molecular weight is 372 g/mol. The van der Waals surface area contributed by atoms with E-state index in [4.69, 9.17) is 0 Å². The molecule has 0 saturated heterocycles. The van der Waals surface area contributed by atoms with Gasteiger partial charge in [0.2, 0.25) is 0 Å². The summed E-state index contributed by atoms with van der Waals surface area (Å²) in [6.07, 6.45) is 2.64. The fourth-order valence-electron chi connectivity index (χ4n) is 0. The first-order chi connectivity index (χ1) is 4.91. The zero-order valence-electron chi connectivity index (χ0n) is 8.17. The molecule has 0 rings (SSSR count). The second-order valence-corrected chi connectivity index (χ2v) is 1.000. The van der Waals surface area contributed by atoms with E-state index >= 15 is 0 Å². The van der Waals surface area contributed by atoms with Crippen LogP contribution in [-0.2, 0) is 0 Å². The predicted molar refractivity (Wildman–Crippen MR) is 71.3 cm³/mol. The molecule has 68 valence electrons. The van der Waals surface area contributed by atoms with E-state index in [0.717, 1.165) is 0 Å². The highest BCUT2D eigenvalue weighted by Crippen LogP contribution is 1.89. The Hall–Kier alpha value is 1.46. The van der Waals surface area contributed by atoms with Crippen molar-refractivity contribution in [3.8, 4) is 0 Å². The van der Waals surface area contributed by atoms with Crippen LogP contribution in [-0.4, -0.2) is 0 Å². The summed E-state index contributed by atoms with van der Waals surface area (Å²) in [5.41, 5.74) is 0. The molecule has 10 heavy (non-hydrogen) atoms. The monoisotopic (exact) mass is 372 g/mol. The van der Waals surface area contributed by atoms with Crippen molar-refractivity contribution in [2.45, 2.75) is 54.4 Å². The van der Waals surface area contributed by atoms with E-state index in [1.54, 1.807) is 0 Å². The third-order valence-electron chi connectivity index (χ3n) is 0.500. The minimum absolute atomic E-state index is 1.32. The Morgan fingerprint density at radius 3 is 0.800 bits per heavy atom. The van der Waals surface area contributed by atoms with Gasteiger partial charge in [-0.25, -0.2) is 0 Å². The molecule has 0 aliphatic carbocycles. The second-order valence-electron chi connectivity index (χ2n) is 1.000. The zero-order valence-corrected chi connectivity index (χ0v) is 12.5. The van der Waals surface area contributed by atoms with Gasteiger partial charge in [0.05, 0.1) is 0 Å². The van der Waals surface area contributed by atoms with Gasteiger partial charge < -0.3 is 0 Å². The fraction of sp³-hybridized carbons (Fsp3) is 1.00. The summed E-state index contributed by atoms with van der Waals surface area (Å²) in [5.74, 6) is 0. The number of hydrogen-bond acceptors (Lipinski definition) is 0. The molecule has 0 fully saturated rings. The van der Waals surface area contributed by atoms with Gasteiger partial charge in [0.25, 0.3) is 0 Å². The van der Waals surface area contributed by atoms with Crippen molar-refractivity contribution in [1.29, 1.82) is 0 Å². The zero-order chi connectivity index (χ0) is 9.41. The van der Waals surface area contributed by atoms with Gasteiger partial charge in [-0.05, 0) is 0 Å². The van der Waals surface area contributed by atoms with Crippen LogP contribution in [0.4, 0.5) is 0 Å². The molecule has 0 radical (unpaired) electrons. The van der Waals surface area contributed by atoms with Gasteiger partial charge in [-0.3, -0.25) is 0 Å². The minimum Gasteiger partial charge on any atom is -0.0683 e. The van der Waals surface area contributed by atoms with Crippen molar-refractivity contribution >= 4 is 37.2 Å². The van der Waals surface area contributed by atoms with Crippen molar-refractivity contribution in [3.63, 3.8) is 0 Å². The maximum Gasteiger partial charge on any atom is 0 e. The molecule has 0 aromatic heterocycles. The van der Waals surface area contributed by atoms with Gasteiger partial charge in [0, 0.05) is 37.2 Å². The van der Waals surface area contributed by atoms with E-state index < -0.39 is 0 Å². The van der Waals surface area contributed by atoms with Gasteiger partial charge in [-0.1, -0.05) is 54.4 Å². The average Bonchev–Trinajstić information content (AvgIpc) is 2.14. The molecule has 0 bridgehead atoms. The first-order valence-corrected chi connectivity index (χ1v) is 10.3. The summed E-state index contributed by atoms with van der Waals surface area (Å²) in [6, 6.07) is 0. The van der Waals surface area contributed by atoms with Crippen LogP contribution >= 0.6 is 37.2 Å². The molecule has 0 atom stereocenters. The second kappa shape index (κ2) is 78.2. The summed E-state index contributed by atoms with van der Waals surface area (Å²) in [5, 5.41) is 0. The Labute approximate surface area is 90.9 Å². The summed E-state index contributed by atoms with van der Waals surface area (Å²) in [6.45, 7) is 12.4. The molecule has 0 heterocycles. The molecule has 0 aromatic carbocycles. The van der Waals surface area contributed by atoms with Crippen LogP contribution in [0.1, 0.15) is 54.4 Å². The Bertz CT molecular complexity index is 9.22. The predicted octanol–water partition coefficient (Wildman–Crippen LogP) is 5.63. The normalized spacial score (nSPS) is 4.80. The number of halogens is 2. The van der Waals surface area contributed by atoms with Gasteiger partial charge in [-0.2, -0.15) is 0 Å². The molecular formula is C8H22I2. The van der Waals surface area contributed by atoms with E-state index in [2.05, 4.69) is 51.1 Å². The molecular weight excluding hydrogens is 350 g/mol. The minimum atomic E-state index is 1.32. The lowest BCUT2D eigenvalue weighted by molar-refractivity contribution is 0.886. The number of hydrogen-bond donors (Lipinski definition) is 0. The Morgan fingerprint density at radius 1 is 0.700 bits per heavy atom. The van der Waals surface area contributed by atoms with E-state index in [1.807, 2.05) is 27.7 Å². The van der Waals surface area contributed by atoms with Gasteiger partial charge in [-0.15, -0.1) is 0 Å². The lowest BCUT2D eigenvalue weighted by Gasteiger charge is -1.68. The van der Waals surface area contributed by atoms with E-state index in [-0.39, 0.29) is 0 Å². The molecule has 0 aliphatic rings. The summed E-state index contributed by atoms with van der Waals surface area (Å²) in [4.78, 5) is 0. The quantitative estimate of drug-likeness (QED) is 0.524. The highest BCUT2D eigenvalue weighted by Gasteiger charge is 1.56. The van der Waals surface area contributed by atoms with Crippen molar-refractivity contribution in [2.24, 2.45) is 0 Å². The third kappa shape index (κ3) is 112. The third-order valence-corrected chi connectivity index (χ3v) is 0.500. The van der Waals surface area contributed by atoms with Gasteiger partial charge in [0.1, 0.15) is 0 Å². The highest BCUT2D eigenvalue weighted by molar-refractivity contribution is 15.0. The van der Waals surface area contributed by atoms with Gasteiger partial charge in [0.15, 0.2) is 0 Å². The lowest BCUT2D eigenvalue weighted by atomic mass is 10.4. The summed E-state index contributed by atoms with van der Waals surface area (Å²) >= 11 is 4.24. The molecule has 0 amide bonds. The molecule has 0 nitrogen and oxygen atoms in total. The van der Waals surface area contributed by atoms with E-state index in [0.29, 0.717) is 0 Å². The fourth-order valence-corrected chi connectivity index (χ4v) is 0. The largest absolute Gasteiger partial charge is 0.0683 e. The molecule has 0 aliphatic heterocycles. The first kappa shape index (κ1) is 22.5. The van der Waals surface area contributed by atoms with E-state index in [1.165, 1.54) is 12.8 Å². The molecule has 0 unspecified atom stereocenters. The number of rotatable bonds is 1. The molecule has 0 spiro atoms. The van der Waals surface area contributed by atoms with E-state index in [9.17, 15) is 0 Å². The van der Waals surface area contributed by atoms with Crippen LogP contribution in [0, 0.1) is 0 Å². The first-order valence-electron chi connectivity index (χ1n) is 4.06. The maximum atomic E-state index is 2.18. The van der Waals surface area contributed by atoms with Crippen LogP contribution in [0.15, 0.2) is 0 Å². The van der Waals surface area contributed by atoms with Crippen molar-refractivity contribution in [2.75, 3.05) is 0 Å². The summed E-state index contributed by atoms with van der Waals surface area (Å²) in [7, 11) is 0. The van der Waals surface area contributed by atoms with Crippen molar-refractivity contribution < 1.29 is 0 Å². The number of unbranched alkanes of at least 4 members (excludes halogenated alkanes) is 1. The standard InChI is InChI=1S/C4H10.2C2H6.I2/c1-3-4-2;3*1-2/h3-4H2,1-2H3;2*1-2H3;. The molecule has 0 N–H and O–H groups in total. The van der Waals surface area contributed by atoms with Crippen LogP contribution in [0.3, 0.4) is 0 Å². The highest BCUT2D eigenvalue weighted by atomic mass is 128. The van der Waals surface area contributed by atoms with Crippen molar-refractivity contribution in [1.82, 2.24) is 0 Å². The Morgan fingerprint density at radius 2 is 0.800 bits per heavy atom. The Kier molecular flexibility index (Phi) is 176. The molecule has 0 saturated carbocycles. The van der Waals surface area contributed by atoms with Crippen molar-refractivity contribution in [3.05, 3.63) is 0 Å². The molecule has 0 aromatic rings. The molecule has 2 heteroatoms.